The molecule has 1 aromatic heterocycles. The van der Waals surface area contributed by atoms with Crippen molar-refractivity contribution in [3.05, 3.63) is 30.1 Å². The van der Waals surface area contributed by atoms with Crippen LogP contribution in [0.3, 0.4) is 0 Å². The fraction of sp³-hybridized carbons (Fsp3) is 0.650. The lowest BCUT2D eigenvalue weighted by Gasteiger charge is -2.36. The molecule has 1 N–H and O–H groups in total. The van der Waals surface area contributed by atoms with Crippen molar-refractivity contribution in [2.24, 2.45) is 0 Å². The summed E-state index contributed by atoms with van der Waals surface area (Å²) in [5.41, 5.74) is 1.06. The van der Waals surface area contributed by atoms with Crippen LogP contribution in [0.5, 0.6) is 0 Å². The van der Waals surface area contributed by atoms with Gasteiger partial charge >= 0.3 is 0 Å². The van der Waals surface area contributed by atoms with Crippen LogP contribution in [0.25, 0.3) is 0 Å². The molecule has 2 amide bonds. The number of hydrogen-bond acceptors (Lipinski definition) is 4. The van der Waals surface area contributed by atoms with Crippen molar-refractivity contribution in [3.8, 4) is 0 Å². The first-order chi connectivity index (χ1) is 12.7. The van der Waals surface area contributed by atoms with Crippen LogP contribution >= 0.6 is 0 Å². The Kier molecular flexibility index (Phi) is 8.54. The zero-order valence-electron chi connectivity index (χ0n) is 16.1. The Bertz CT molecular complexity index is 558. The summed E-state index contributed by atoms with van der Waals surface area (Å²) in [4.78, 5) is 33.1. The van der Waals surface area contributed by atoms with Gasteiger partial charge in [-0.05, 0) is 30.9 Å². The lowest BCUT2D eigenvalue weighted by Crippen LogP contribution is -2.48. The molecule has 2 heterocycles. The Labute approximate surface area is 157 Å². The minimum absolute atomic E-state index is 0.0253. The van der Waals surface area contributed by atoms with Crippen molar-refractivity contribution in [2.75, 3.05) is 32.7 Å². The lowest BCUT2D eigenvalue weighted by atomic mass is 10.0. The van der Waals surface area contributed by atoms with Crippen LogP contribution in [0, 0.1) is 0 Å². The van der Waals surface area contributed by atoms with Gasteiger partial charge in [0.25, 0.3) is 0 Å². The van der Waals surface area contributed by atoms with E-state index in [9.17, 15) is 9.59 Å². The molecule has 0 radical (unpaired) electrons. The van der Waals surface area contributed by atoms with E-state index in [1.807, 2.05) is 28.1 Å². The lowest BCUT2D eigenvalue weighted by molar-refractivity contribution is -0.135. The number of carbonyl (C=O) groups is 2. The first kappa shape index (κ1) is 20.4. The van der Waals surface area contributed by atoms with Gasteiger partial charge in [-0.15, -0.1) is 0 Å². The largest absolute Gasteiger partial charge is 0.343 e. The van der Waals surface area contributed by atoms with Crippen LogP contribution in [0.15, 0.2) is 24.5 Å². The van der Waals surface area contributed by atoms with Gasteiger partial charge in [-0.25, -0.2) is 0 Å². The van der Waals surface area contributed by atoms with Crippen LogP contribution < -0.4 is 5.32 Å². The molecule has 1 aliphatic rings. The fourth-order valence-corrected chi connectivity index (χ4v) is 3.47. The fourth-order valence-electron chi connectivity index (χ4n) is 3.47. The van der Waals surface area contributed by atoms with Gasteiger partial charge in [-0.2, -0.15) is 0 Å². The molecule has 1 atom stereocenters. The Morgan fingerprint density at radius 1 is 1.27 bits per heavy atom. The zero-order valence-corrected chi connectivity index (χ0v) is 16.1. The average molecular weight is 361 g/mol. The highest BCUT2D eigenvalue weighted by Gasteiger charge is 2.27. The van der Waals surface area contributed by atoms with Crippen LogP contribution in [0.1, 0.15) is 57.6 Å². The van der Waals surface area contributed by atoms with Gasteiger partial charge in [-0.1, -0.05) is 19.9 Å². The number of carbonyl (C=O) groups excluding carboxylic acids is 2. The maximum Gasteiger partial charge on any atom is 0.223 e. The highest BCUT2D eigenvalue weighted by molar-refractivity contribution is 5.79. The summed E-state index contributed by atoms with van der Waals surface area (Å²) >= 11 is 0. The highest BCUT2D eigenvalue weighted by Crippen LogP contribution is 2.22. The van der Waals surface area contributed by atoms with Gasteiger partial charge in [0.15, 0.2) is 0 Å². The van der Waals surface area contributed by atoms with Crippen LogP contribution in [0.2, 0.25) is 0 Å². The predicted octanol–water partition coefficient (Wildman–Crippen LogP) is 2.37. The third-order valence-corrected chi connectivity index (χ3v) is 4.75. The van der Waals surface area contributed by atoms with Crippen molar-refractivity contribution in [1.82, 2.24) is 20.1 Å². The van der Waals surface area contributed by atoms with E-state index >= 15 is 0 Å². The molecule has 6 heteroatoms. The molecule has 1 aromatic rings. The number of nitrogens with zero attached hydrogens (tertiary/aromatic N) is 3. The van der Waals surface area contributed by atoms with Gasteiger partial charge in [0.05, 0.1) is 6.04 Å². The summed E-state index contributed by atoms with van der Waals surface area (Å²) in [6, 6.07) is 3.95. The summed E-state index contributed by atoms with van der Waals surface area (Å²) in [7, 11) is 0. The second kappa shape index (κ2) is 10.9. The second-order valence-electron chi connectivity index (χ2n) is 6.83. The van der Waals surface area contributed by atoms with Gasteiger partial charge in [0.1, 0.15) is 0 Å². The first-order valence-corrected chi connectivity index (χ1v) is 9.85. The van der Waals surface area contributed by atoms with Gasteiger partial charge in [-0.3, -0.25) is 14.6 Å². The maximum absolute atomic E-state index is 12.7. The number of hydrogen-bond donors (Lipinski definition) is 1. The number of nitrogens with one attached hydrogen (secondary N) is 1. The van der Waals surface area contributed by atoms with E-state index in [1.54, 1.807) is 6.20 Å². The molecule has 0 aliphatic carbocycles. The third-order valence-electron chi connectivity index (χ3n) is 4.75. The van der Waals surface area contributed by atoms with Crippen LogP contribution in [0.4, 0.5) is 0 Å². The minimum atomic E-state index is 0.0253. The molecule has 0 bridgehead atoms. The Morgan fingerprint density at radius 2 is 2.04 bits per heavy atom. The summed E-state index contributed by atoms with van der Waals surface area (Å²) in [6.45, 7) is 8.04. The normalized spacial score (nSPS) is 17.2. The number of aromatic nitrogens is 1. The standard InChI is InChI=1S/C20H32N4O2/c1-3-12-23(13-4-2)19(25)8-5-9-20(26)24-14-11-22-16-18(24)17-7-6-10-21-15-17/h6-7,10,15,18,22H,3-5,8-9,11-14,16H2,1-2H3. The molecule has 2 rings (SSSR count). The van der Waals surface area contributed by atoms with E-state index in [-0.39, 0.29) is 17.9 Å². The average Bonchev–Trinajstić information content (AvgIpc) is 2.68. The van der Waals surface area contributed by atoms with Crippen LogP contribution in [-0.4, -0.2) is 59.3 Å². The van der Waals surface area contributed by atoms with E-state index in [0.717, 1.165) is 44.6 Å². The number of pyridine rings is 1. The number of amides is 2. The van der Waals surface area contributed by atoms with Gasteiger partial charge in [0.2, 0.25) is 11.8 Å². The molecular formula is C20H32N4O2. The molecule has 144 valence electrons. The van der Waals surface area contributed by atoms with Crippen molar-refractivity contribution < 1.29 is 9.59 Å². The SMILES string of the molecule is CCCN(CCC)C(=O)CCCC(=O)N1CCNCC1c1cccnc1. The summed E-state index contributed by atoms with van der Waals surface area (Å²) in [5, 5.41) is 3.35. The van der Waals surface area contributed by atoms with E-state index < -0.39 is 0 Å². The summed E-state index contributed by atoms with van der Waals surface area (Å²) in [5.74, 6) is 0.302. The second-order valence-corrected chi connectivity index (χ2v) is 6.83. The molecule has 0 spiro atoms. The molecule has 1 saturated heterocycles. The molecular weight excluding hydrogens is 328 g/mol. The van der Waals surface area contributed by atoms with Crippen molar-refractivity contribution >= 4 is 11.8 Å². The van der Waals surface area contributed by atoms with E-state index in [1.165, 1.54) is 0 Å². The molecule has 26 heavy (non-hydrogen) atoms. The Hall–Kier alpha value is -1.95. The topological polar surface area (TPSA) is 65.5 Å². The predicted molar refractivity (Wildman–Crippen MR) is 103 cm³/mol. The smallest absolute Gasteiger partial charge is 0.223 e. The quantitative estimate of drug-likeness (QED) is 0.734. The molecule has 1 fully saturated rings. The Morgan fingerprint density at radius 3 is 2.69 bits per heavy atom. The van der Waals surface area contributed by atoms with E-state index in [0.29, 0.717) is 25.8 Å². The number of piperazine rings is 1. The molecule has 1 aliphatic heterocycles. The van der Waals surface area contributed by atoms with Gasteiger partial charge < -0.3 is 15.1 Å². The van der Waals surface area contributed by atoms with Crippen molar-refractivity contribution in [1.29, 1.82) is 0 Å². The molecule has 0 saturated carbocycles. The highest BCUT2D eigenvalue weighted by atomic mass is 16.2. The molecule has 6 nitrogen and oxygen atoms in total. The first-order valence-electron chi connectivity index (χ1n) is 9.85. The van der Waals surface area contributed by atoms with Gasteiger partial charge in [0, 0.05) is 58.0 Å². The monoisotopic (exact) mass is 360 g/mol. The maximum atomic E-state index is 12.7. The Balaban J connectivity index is 1.86. The minimum Gasteiger partial charge on any atom is -0.343 e. The number of rotatable bonds is 9. The summed E-state index contributed by atoms with van der Waals surface area (Å²) < 4.78 is 0. The molecule has 1 unspecified atom stereocenters. The summed E-state index contributed by atoms with van der Waals surface area (Å²) in [6.07, 6.45) is 7.01. The van der Waals surface area contributed by atoms with E-state index in [4.69, 9.17) is 0 Å². The van der Waals surface area contributed by atoms with E-state index in [2.05, 4.69) is 24.1 Å². The van der Waals surface area contributed by atoms with Crippen molar-refractivity contribution in [2.45, 2.75) is 52.0 Å². The van der Waals surface area contributed by atoms with Crippen LogP contribution in [-0.2, 0) is 9.59 Å². The molecule has 0 aromatic carbocycles. The van der Waals surface area contributed by atoms with Crippen molar-refractivity contribution in [3.63, 3.8) is 0 Å². The third kappa shape index (κ3) is 5.80. The zero-order chi connectivity index (χ0) is 18.8.